The third-order valence-electron chi connectivity index (χ3n) is 4.96. The van der Waals surface area contributed by atoms with Crippen molar-refractivity contribution in [2.45, 2.75) is 13.5 Å². The predicted molar refractivity (Wildman–Crippen MR) is 103 cm³/mol. The second-order valence-corrected chi connectivity index (χ2v) is 6.53. The maximum atomic E-state index is 12.7. The van der Waals surface area contributed by atoms with Crippen molar-refractivity contribution in [3.8, 4) is 0 Å². The average Bonchev–Trinajstić information content (AvgIpc) is 3.36. The summed E-state index contributed by atoms with van der Waals surface area (Å²) in [5.74, 6) is 0.200. The van der Waals surface area contributed by atoms with Crippen LogP contribution in [0.5, 0.6) is 0 Å². The molecule has 0 spiro atoms. The van der Waals surface area contributed by atoms with Crippen LogP contribution in [0, 0.1) is 0 Å². The van der Waals surface area contributed by atoms with Gasteiger partial charge in [-0.1, -0.05) is 18.2 Å². The standard InChI is InChI=1S/C20H22N4O3/c1-2-22-14-16(15-6-3-4-7-17(15)22)21-20(26)24-11-9-23(10-12-24)19(25)18-8-5-13-27-18/h3-8,13-14H,2,9-12H2,1H3,(H,21,26). The molecule has 7 heteroatoms. The number of hydrogen-bond acceptors (Lipinski definition) is 3. The molecule has 0 unspecified atom stereocenters. The zero-order valence-corrected chi connectivity index (χ0v) is 15.2. The molecule has 4 rings (SSSR count). The van der Waals surface area contributed by atoms with Gasteiger partial charge >= 0.3 is 6.03 Å². The van der Waals surface area contributed by atoms with E-state index < -0.39 is 0 Å². The second kappa shape index (κ2) is 7.19. The van der Waals surface area contributed by atoms with E-state index in [1.54, 1.807) is 21.9 Å². The molecule has 1 aliphatic heterocycles. The molecule has 140 valence electrons. The molecule has 1 fully saturated rings. The number of benzene rings is 1. The third kappa shape index (κ3) is 3.28. The Morgan fingerprint density at radius 1 is 1.04 bits per heavy atom. The van der Waals surface area contributed by atoms with Gasteiger partial charge in [0.2, 0.25) is 0 Å². The van der Waals surface area contributed by atoms with Crippen LogP contribution in [0.3, 0.4) is 0 Å². The first kappa shape index (κ1) is 17.2. The van der Waals surface area contributed by atoms with Gasteiger partial charge in [0.1, 0.15) is 0 Å². The zero-order chi connectivity index (χ0) is 18.8. The Bertz CT molecular complexity index is 953. The molecule has 1 aliphatic rings. The fourth-order valence-corrected chi connectivity index (χ4v) is 3.47. The number of furan rings is 1. The molecule has 3 amide bonds. The summed E-state index contributed by atoms with van der Waals surface area (Å²) < 4.78 is 7.29. The van der Waals surface area contributed by atoms with Gasteiger partial charge < -0.3 is 24.1 Å². The predicted octanol–water partition coefficient (Wildman–Crippen LogP) is 3.24. The molecule has 3 heterocycles. The van der Waals surface area contributed by atoms with E-state index in [-0.39, 0.29) is 11.9 Å². The molecular weight excluding hydrogens is 344 g/mol. The van der Waals surface area contributed by atoms with Crippen LogP contribution in [-0.2, 0) is 6.54 Å². The van der Waals surface area contributed by atoms with Crippen molar-refractivity contribution in [2.24, 2.45) is 0 Å². The van der Waals surface area contributed by atoms with E-state index in [1.165, 1.54) is 6.26 Å². The first-order valence-corrected chi connectivity index (χ1v) is 9.14. The van der Waals surface area contributed by atoms with Crippen molar-refractivity contribution in [3.05, 3.63) is 54.6 Å². The molecule has 0 saturated carbocycles. The Morgan fingerprint density at radius 2 is 1.78 bits per heavy atom. The summed E-state index contributed by atoms with van der Waals surface area (Å²) in [4.78, 5) is 28.5. The first-order chi connectivity index (χ1) is 13.2. The van der Waals surface area contributed by atoms with E-state index >= 15 is 0 Å². The normalized spacial score (nSPS) is 14.6. The molecule has 2 aromatic heterocycles. The topological polar surface area (TPSA) is 70.7 Å². The van der Waals surface area contributed by atoms with Crippen molar-refractivity contribution in [3.63, 3.8) is 0 Å². The smallest absolute Gasteiger partial charge is 0.322 e. The van der Waals surface area contributed by atoms with E-state index in [0.717, 1.165) is 23.1 Å². The summed E-state index contributed by atoms with van der Waals surface area (Å²) in [5.41, 5.74) is 1.91. The second-order valence-electron chi connectivity index (χ2n) is 6.53. The number of amides is 3. The van der Waals surface area contributed by atoms with E-state index in [1.807, 2.05) is 30.5 Å². The number of aryl methyl sites for hydroxylation is 1. The average molecular weight is 366 g/mol. The maximum absolute atomic E-state index is 12.7. The number of piperazine rings is 1. The number of nitrogens with zero attached hydrogens (tertiary/aromatic N) is 3. The molecule has 0 aliphatic carbocycles. The highest BCUT2D eigenvalue weighted by atomic mass is 16.3. The highest BCUT2D eigenvalue weighted by Crippen LogP contribution is 2.26. The van der Waals surface area contributed by atoms with Gasteiger partial charge in [-0.2, -0.15) is 0 Å². The van der Waals surface area contributed by atoms with E-state index in [0.29, 0.717) is 31.9 Å². The van der Waals surface area contributed by atoms with Gasteiger partial charge in [0.25, 0.3) is 5.91 Å². The van der Waals surface area contributed by atoms with Gasteiger partial charge in [-0.15, -0.1) is 0 Å². The molecule has 3 aromatic rings. The van der Waals surface area contributed by atoms with Crippen LogP contribution in [0.25, 0.3) is 10.9 Å². The minimum absolute atomic E-state index is 0.133. The van der Waals surface area contributed by atoms with Crippen molar-refractivity contribution < 1.29 is 14.0 Å². The summed E-state index contributed by atoms with van der Waals surface area (Å²) >= 11 is 0. The highest BCUT2D eigenvalue weighted by Gasteiger charge is 2.26. The molecule has 7 nitrogen and oxygen atoms in total. The lowest BCUT2D eigenvalue weighted by Gasteiger charge is -2.34. The van der Waals surface area contributed by atoms with Crippen molar-refractivity contribution >= 4 is 28.5 Å². The van der Waals surface area contributed by atoms with E-state index in [2.05, 4.69) is 16.8 Å². The van der Waals surface area contributed by atoms with Crippen LogP contribution in [-0.4, -0.2) is 52.5 Å². The van der Waals surface area contributed by atoms with Crippen LogP contribution in [0.2, 0.25) is 0 Å². The number of anilines is 1. The minimum atomic E-state index is -0.140. The van der Waals surface area contributed by atoms with Crippen molar-refractivity contribution in [1.29, 1.82) is 0 Å². The highest BCUT2D eigenvalue weighted by molar-refractivity contribution is 6.01. The number of hydrogen-bond donors (Lipinski definition) is 1. The summed E-state index contributed by atoms with van der Waals surface area (Å²) in [5, 5.41) is 4.05. The first-order valence-electron chi connectivity index (χ1n) is 9.14. The molecule has 0 radical (unpaired) electrons. The quantitative estimate of drug-likeness (QED) is 0.773. The van der Waals surface area contributed by atoms with Gasteiger partial charge in [-0.05, 0) is 25.1 Å². The van der Waals surface area contributed by atoms with Crippen LogP contribution in [0.15, 0.2) is 53.3 Å². The number of rotatable bonds is 3. The minimum Gasteiger partial charge on any atom is -0.459 e. The molecule has 1 aromatic carbocycles. The number of urea groups is 1. The number of carbonyl (C=O) groups is 2. The van der Waals surface area contributed by atoms with Gasteiger partial charge in [0.15, 0.2) is 5.76 Å². The Labute approximate surface area is 157 Å². The van der Waals surface area contributed by atoms with Gasteiger partial charge in [0, 0.05) is 44.3 Å². The number of fused-ring (bicyclic) bond motifs is 1. The van der Waals surface area contributed by atoms with Crippen LogP contribution >= 0.6 is 0 Å². The monoisotopic (exact) mass is 366 g/mol. The van der Waals surface area contributed by atoms with Gasteiger partial charge in [0.05, 0.1) is 17.5 Å². The summed E-state index contributed by atoms with van der Waals surface area (Å²) in [6.07, 6.45) is 3.46. The molecule has 1 saturated heterocycles. The largest absolute Gasteiger partial charge is 0.459 e. The third-order valence-corrected chi connectivity index (χ3v) is 4.96. The molecule has 27 heavy (non-hydrogen) atoms. The summed E-state index contributed by atoms with van der Waals surface area (Å²) in [6.45, 7) is 4.87. The van der Waals surface area contributed by atoms with Crippen LogP contribution < -0.4 is 5.32 Å². The summed E-state index contributed by atoms with van der Waals surface area (Å²) in [6, 6.07) is 11.2. The number of nitrogens with one attached hydrogen (secondary N) is 1. The molecular formula is C20H22N4O3. The van der Waals surface area contributed by atoms with Gasteiger partial charge in [-0.3, -0.25) is 4.79 Å². The Kier molecular flexibility index (Phi) is 4.58. The Hall–Kier alpha value is -3.22. The van der Waals surface area contributed by atoms with Gasteiger partial charge in [-0.25, -0.2) is 4.79 Å². The maximum Gasteiger partial charge on any atom is 0.322 e. The Balaban J connectivity index is 1.41. The SMILES string of the molecule is CCn1cc(NC(=O)N2CCN(C(=O)c3ccco3)CC2)c2ccccc21. The number of para-hydroxylation sites is 1. The lowest BCUT2D eigenvalue weighted by Crippen LogP contribution is -2.51. The molecule has 0 atom stereocenters. The van der Waals surface area contributed by atoms with E-state index in [4.69, 9.17) is 4.42 Å². The Morgan fingerprint density at radius 3 is 2.48 bits per heavy atom. The molecule has 1 N–H and O–H groups in total. The van der Waals surface area contributed by atoms with Crippen molar-refractivity contribution in [2.75, 3.05) is 31.5 Å². The fraction of sp³-hybridized carbons (Fsp3) is 0.300. The van der Waals surface area contributed by atoms with E-state index in [9.17, 15) is 9.59 Å². The number of carbonyl (C=O) groups excluding carboxylic acids is 2. The lowest BCUT2D eigenvalue weighted by molar-refractivity contribution is 0.0640. The fourth-order valence-electron chi connectivity index (χ4n) is 3.47. The number of aromatic nitrogens is 1. The van der Waals surface area contributed by atoms with Crippen molar-refractivity contribution in [1.82, 2.24) is 14.4 Å². The van der Waals surface area contributed by atoms with Crippen LogP contribution in [0.4, 0.5) is 10.5 Å². The summed E-state index contributed by atoms with van der Waals surface area (Å²) in [7, 11) is 0. The zero-order valence-electron chi connectivity index (χ0n) is 15.2. The molecule has 0 bridgehead atoms. The van der Waals surface area contributed by atoms with Crippen LogP contribution in [0.1, 0.15) is 17.5 Å². The lowest BCUT2D eigenvalue weighted by atomic mass is 10.2.